The van der Waals surface area contributed by atoms with E-state index in [1.165, 1.54) is 0 Å². The number of hydrogen-bond acceptors (Lipinski definition) is 5. The van der Waals surface area contributed by atoms with E-state index >= 15 is 0 Å². The summed E-state index contributed by atoms with van der Waals surface area (Å²) in [6.07, 6.45) is 0.502. The molecule has 0 aromatic carbocycles. The molecule has 0 aromatic heterocycles. The molecule has 21 heavy (non-hydrogen) atoms. The van der Waals surface area contributed by atoms with E-state index in [1.54, 1.807) is 0 Å². The number of aliphatic hydroxyl groups excluding tert-OH is 1. The van der Waals surface area contributed by atoms with E-state index in [0.29, 0.717) is 29.5 Å². The van der Waals surface area contributed by atoms with Crippen LogP contribution in [0, 0.1) is 0 Å². The Morgan fingerprint density at radius 2 is 1.81 bits per heavy atom. The Hall–Kier alpha value is 0.451. The van der Waals surface area contributed by atoms with E-state index in [1.807, 2.05) is 25.5 Å². The summed E-state index contributed by atoms with van der Waals surface area (Å²) >= 11 is 0. The lowest BCUT2D eigenvalue weighted by atomic mass is 10.3. The van der Waals surface area contributed by atoms with E-state index < -0.39 is 23.0 Å². The topological polar surface area (TPSA) is 51.2 Å². The van der Waals surface area contributed by atoms with E-state index in [-0.39, 0.29) is 0 Å². The quantitative estimate of drug-likeness (QED) is 0.430. The van der Waals surface area contributed by atoms with Crippen LogP contribution in [0.25, 0.3) is 0 Å². The molecule has 0 aliphatic carbocycles. The third kappa shape index (κ3) is 12.7. The molecule has 0 aliphatic heterocycles. The highest BCUT2D eigenvalue weighted by Crippen LogP contribution is 2.21. The summed E-state index contributed by atoms with van der Waals surface area (Å²) in [5, 5.41) is 9.72. The molecule has 2 radical (unpaired) electrons. The molecule has 0 aromatic rings. The highest BCUT2D eigenvalue weighted by Gasteiger charge is 2.35. The van der Waals surface area contributed by atoms with Gasteiger partial charge in [0.1, 0.15) is 0 Å². The van der Waals surface area contributed by atoms with Gasteiger partial charge in [0.2, 0.25) is 9.76 Å². The number of hydrogen-bond donors (Lipinski definition) is 1. The molecule has 0 rings (SSSR count). The molecule has 0 saturated heterocycles. The molecule has 2 atom stereocenters. The summed E-state index contributed by atoms with van der Waals surface area (Å²) in [5.74, 6) is 0. The van der Waals surface area contributed by atoms with Crippen molar-refractivity contribution in [2.24, 2.45) is 0 Å². The van der Waals surface area contributed by atoms with Crippen LogP contribution < -0.4 is 0 Å². The van der Waals surface area contributed by atoms with Crippen molar-refractivity contribution >= 4 is 26.6 Å². The second-order valence-electron chi connectivity index (χ2n) is 6.75. The van der Waals surface area contributed by atoms with Gasteiger partial charge in [-0.2, -0.15) is 0 Å². The fourth-order valence-electron chi connectivity index (χ4n) is 2.18. The molecule has 0 saturated carbocycles. The molecule has 0 amide bonds. The first kappa shape index (κ1) is 21.5. The number of likely N-dealkylation sites (N-methyl/N-ethyl adjacent to an activating group) is 1. The first-order chi connectivity index (χ1) is 9.58. The van der Waals surface area contributed by atoms with Gasteiger partial charge in [-0.25, -0.2) is 0 Å². The number of ether oxygens (including phenoxy) is 1. The maximum absolute atomic E-state index is 9.72. The van der Waals surface area contributed by atoms with Gasteiger partial charge in [-0.05, 0) is 59.3 Å². The highest BCUT2D eigenvalue weighted by molar-refractivity contribution is 6.83. The molecular weight excluding hydrogens is 318 g/mol. The molecule has 1 N–H and O–H groups in total. The van der Waals surface area contributed by atoms with Gasteiger partial charge in [0.15, 0.2) is 8.32 Å². The molecule has 0 fully saturated rings. The summed E-state index contributed by atoms with van der Waals surface area (Å²) < 4.78 is 17.8. The lowest BCUT2D eigenvalue weighted by Gasteiger charge is -2.33. The zero-order valence-corrected chi connectivity index (χ0v) is 17.7. The second kappa shape index (κ2) is 10.3. The van der Waals surface area contributed by atoms with Crippen LogP contribution in [0.4, 0.5) is 0 Å². The molecule has 5 nitrogen and oxygen atoms in total. The van der Waals surface area contributed by atoms with Crippen LogP contribution in [-0.2, 0) is 13.0 Å². The van der Waals surface area contributed by atoms with Crippen LogP contribution in [0.2, 0.25) is 38.8 Å². The zero-order valence-electron chi connectivity index (χ0n) is 14.7. The fraction of sp³-hybridized carbons (Fsp3) is 1.00. The van der Waals surface area contributed by atoms with Crippen molar-refractivity contribution in [2.75, 3.05) is 33.9 Å². The van der Waals surface area contributed by atoms with Crippen molar-refractivity contribution < 1.29 is 18.1 Å². The summed E-state index contributed by atoms with van der Waals surface area (Å²) in [4.78, 5) is 1.95. The maximum atomic E-state index is 9.72. The Labute approximate surface area is 135 Å². The minimum Gasteiger partial charge on any atom is -0.437 e. The fourth-order valence-corrected chi connectivity index (χ4v) is 11.2. The van der Waals surface area contributed by atoms with E-state index in [2.05, 4.69) is 26.2 Å². The molecule has 8 heteroatoms. The highest BCUT2D eigenvalue weighted by atomic mass is 28.5. The summed E-state index contributed by atoms with van der Waals surface area (Å²) in [7, 11) is 0.711. The van der Waals surface area contributed by atoms with E-state index in [0.717, 1.165) is 12.5 Å². The lowest BCUT2D eigenvalue weighted by Crippen LogP contribution is -2.47. The zero-order chi connectivity index (χ0) is 16.5. The van der Waals surface area contributed by atoms with Gasteiger partial charge >= 0.3 is 8.56 Å². The van der Waals surface area contributed by atoms with Crippen molar-refractivity contribution in [1.82, 2.24) is 4.90 Å². The largest absolute Gasteiger partial charge is 0.437 e. The monoisotopic (exact) mass is 351 g/mol. The minimum atomic E-state index is -2.06. The smallest absolute Gasteiger partial charge is 0.314 e. The Kier molecular flexibility index (Phi) is 10.5. The average molecular weight is 352 g/mol. The van der Waals surface area contributed by atoms with Crippen molar-refractivity contribution in [3.05, 3.63) is 0 Å². The van der Waals surface area contributed by atoms with Gasteiger partial charge in [-0.15, -0.1) is 0 Å². The molecule has 0 heterocycles. The second-order valence-corrected chi connectivity index (χ2v) is 15.8. The molecule has 126 valence electrons. The van der Waals surface area contributed by atoms with E-state index in [9.17, 15) is 5.11 Å². The van der Waals surface area contributed by atoms with Gasteiger partial charge in [-0.3, -0.25) is 0 Å². The van der Waals surface area contributed by atoms with Gasteiger partial charge < -0.3 is 23.0 Å². The Morgan fingerprint density at radius 3 is 2.29 bits per heavy atom. The third-order valence-corrected chi connectivity index (χ3v) is 10.6. The molecule has 0 spiro atoms. The standard InChI is InChI=1S/C13H33NO4Si3/c1-14(2)11-13(15)12-16-9-8-10-21(7,17-19-3)18-20(4,5)6/h13,15H,8-12H2,1-7H3. The first-order valence-corrected chi connectivity index (χ1v) is 14.9. The molecule has 2 unspecified atom stereocenters. The SMILES string of the molecule is C[Si]O[Si](C)(CCCOCC(O)CN(C)C)O[Si](C)(C)C. The number of nitrogens with zero attached hydrogens (tertiary/aromatic N) is 1. The molecule has 0 aliphatic rings. The maximum Gasteiger partial charge on any atom is 0.314 e. The number of aliphatic hydroxyl groups is 1. The van der Waals surface area contributed by atoms with Gasteiger partial charge in [-0.1, -0.05) is 0 Å². The van der Waals surface area contributed by atoms with Gasteiger partial charge in [0, 0.05) is 13.2 Å². The van der Waals surface area contributed by atoms with Crippen molar-refractivity contribution in [3.8, 4) is 0 Å². The summed E-state index contributed by atoms with van der Waals surface area (Å²) in [6.45, 7) is 12.5. The number of rotatable bonds is 12. The lowest BCUT2D eigenvalue weighted by molar-refractivity contribution is 0.0241. The van der Waals surface area contributed by atoms with Gasteiger partial charge in [0.25, 0.3) is 0 Å². The van der Waals surface area contributed by atoms with Crippen LogP contribution in [0.3, 0.4) is 0 Å². The Bertz CT molecular complexity index is 277. The van der Waals surface area contributed by atoms with Crippen LogP contribution in [0.15, 0.2) is 0 Å². The average Bonchev–Trinajstić information content (AvgIpc) is 2.24. The van der Waals surface area contributed by atoms with Crippen LogP contribution in [-0.4, -0.2) is 76.6 Å². The van der Waals surface area contributed by atoms with Crippen LogP contribution in [0.1, 0.15) is 6.42 Å². The van der Waals surface area contributed by atoms with Crippen molar-refractivity contribution in [2.45, 2.75) is 51.3 Å². The predicted molar refractivity (Wildman–Crippen MR) is 93.6 cm³/mol. The summed E-state index contributed by atoms with van der Waals surface area (Å²) in [6, 6.07) is 0.946. The first-order valence-electron chi connectivity index (χ1n) is 7.53. The van der Waals surface area contributed by atoms with Crippen LogP contribution >= 0.6 is 0 Å². The Balaban J connectivity index is 3.99. The normalized spacial score (nSPS) is 17.0. The van der Waals surface area contributed by atoms with Crippen molar-refractivity contribution in [3.63, 3.8) is 0 Å². The summed E-state index contributed by atoms with van der Waals surface area (Å²) in [5.41, 5.74) is 0. The third-order valence-electron chi connectivity index (χ3n) is 2.65. The van der Waals surface area contributed by atoms with E-state index in [4.69, 9.17) is 13.0 Å². The molecule has 0 bridgehead atoms. The van der Waals surface area contributed by atoms with Gasteiger partial charge in [0.05, 0.1) is 12.7 Å². The minimum absolute atomic E-state index is 0.391. The Morgan fingerprint density at radius 1 is 1.19 bits per heavy atom. The predicted octanol–water partition coefficient (Wildman–Crippen LogP) is 1.92. The molecular formula is C13H33NO4Si3. The van der Waals surface area contributed by atoms with Crippen LogP contribution in [0.5, 0.6) is 0 Å². The van der Waals surface area contributed by atoms with Crippen molar-refractivity contribution in [1.29, 1.82) is 0 Å².